The fraction of sp³-hybridized carbons (Fsp3) is 0.522. The average Bonchev–Trinajstić information content (AvgIpc) is 3.41. The Bertz CT molecular complexity index is 1020. The lowest BCUT2D eigenvalue weighted by atomic mass is 9.98. The van der Waals surface area contributed by atoms with Crippen LogP contribution >= 0.6 is 0 Å². The summed E-state index contributed by atoms with van der Waals surface area (Å²) in [6.07, 6.45) is 6.15. The third-order valence-electron chi connectivity index (χ3n) is 6.42. The minimum atomic E-state index is -0.370. The fourth-order valence-electron chi connectivity index (χ4n) is 4.60. The van der Waals surface area contributed by atoms with E-state index < -0.39 is 0 Å². The number of nitrogens with zero attached hydrogens (tertiary/aromatic N) is 3. The number of methoxy groups -OCH3 is 1. The van der Waals surface area contributed by atoms with E-state index in [0.29, 0.717) is 23.7 Å². The summed E-state index contributed by atoms with van der Waals surface area (Å²) in [5, 5.41) is 2.98. The lowest BCUT2D eigenvalue weighted by molar-refractivity contribution is 0.0794. The van der Waals surface area contributed by atoms with Crippen LogP contribution in [0.4, 0.5) is 20.7 Å². The van der Waals surface area contributed by atoms with Crippen LogP contribution in [0.2, 0.25) is 0 Å². The van der Waals surface area contributed by atoms with E-state index in [-0.39, 0.29) is 42.1 Å². The first kappa shape index (κ1) is 20.8. The first-order valence-electron chi connectivity index (χ1n) is 11.2. The Morgan fingerprint density at radius 3 is 2.81 bits per heavy atom. The maximum absolute atomic E-state index is 14.5. The zero-order valence-corrected chi connectivity index (χ0v) is 18.2. The quantitative estimate of drug-likeness (QED) is 0.687. The molecule has 3 aliphatic rings. The lowest BCUT2D eigenvalue weighted by Gasteiger charge is -2.24. The van der Waals surface area contributed by atoms with E-state index in [9.17, 15) is 9.18 Å². The number of amides is 1. The molecule has 1 amide bonds. The zero-order chi connectivity index (χ0) is 22.2. The minimum Gasteiger partial charge on any atom is -0.489 e. The molecule has 2 aromatic rings. The highest BCUT2D eigenvalue weighted by atomic mass is 19.1. The highest BCUT2D eigenvalue weighted by Gasteiger charge is 2.51. The third kappa shape index (κ3) is 3.91. The standard InChI is InChI=1S/C23H27FN4O4/c1-3-13-4-8-17(16(24)10-13)27-21-20(30-2)22(26-12-25-21)32-19-11-14-5-9-18(19)28(14)23(29)31-15-6-7-15/h4,8,10,12,14-15,18-19H,3,5-7,9,11H2,1-2H3,(H,25,26,27)/t14?,18?,19-/m0/s1. The Morgan fingerprint density at radius 2 is 2.09 bits per heavy atom. The van der Waals surface area contributed by atoms with Crippen molar-refractivity contribution < 1.29 is 23.4 Å². The summed E-state index contributed by atoms with van der Waals surface area (Å²) in [6.45, 7) is 1.97. The van der Waals surface area contributed by atoms with Gasteiger partial charge in [0.25, 0.3) is 5.88 Å². The van der Waals surface area contributed by atoms with E-state index in [4.69, 9.17) is 14.2 Å². The zero-order valence-electron chi connectivity index (χ0n) is 18.2. The molecular formula is C23H27FN4O4. The van der Waals surface area contributed by atoms with E-state index in [2.05, 4.69) is 15.3 Å². The molecule has 2 unspecified atom stereocenters. The summed E-state index contributed by atoms with van der Waals surface area (Å²) in [6, 6.07) is 5.10. The number of aryl methyl sites for hydroxylation is 1. The topological polar surface area (TPSA) is 85.8 Å². The van der Waals surface area contributed by atoms with E-state index in [1.165, 1.54) is 19.5 Å². The molecule has 32 heavy (non-hydrogen) atoms. The van der Waals surface area contributed by atoms with Crippen molar-refractivity contribution in [3.8, 4) is 11.6 Å². The Labute approximate surface area is 186 Å². The summed E-state index contributed by atoms with van der Waals surface area (Å²) < 4.78 is 31.7. The summed E-state index contributed by atoms with van der Waals surface area (Å²) in [5.41, 5.74) is 1.20. The van der Waals surface area contributed by atoms with Crippen molar-refractivity contribution in [1.82, 2.24) is 14.9 Å². The Morgan fingerprint density at radius 1 is 1.25 bits per heavy atom. The van der Waals surface area contributed by atoms with Gasteiger partial charge in [0.1, 0.15) is 24.4 Å². The molecule has 2 aliphatic heterocycles. The number of rotatable bonds is 7. The third-order valence-corrected chi connectivity index (χ3v) is 6.42. The van der Waals surface area contributed by atoms with Gasteiger partial charge in [-0.05, 0) is 49.8 Å². The van der Waals surface area contributed by atoms with Gasteiger partial charge >= 0.3 is 6.09 Å². The molecule has 1 N–H and O–H groups in total. The minimum absolute atomic E-state index is 0.0543. The van der Waals surface area contributed by atoms with Gasteiger partial charge in [0.2, 0.25) is 5.75 Å². The predicted octanol–water partition coefficient (Wildman–Crippen LogP) is 4.21. The van der Waals surface area contributed by atoms with E-state index in [0.717, 1.165) is 37.7 Å². The molecule has 3 heterocycles. The molecule has 0 spiro atoms. The Balaban J connectivity index is 1.33. The second kappa shape index (κ2) is 8.44. The van der Waals surface area contributed by atoms with Crippen LogP contribution in [-0.4, -0.2) is 52.4 Å². The van der Waals surface area contributed by atoms with Crippen molar-refractivity contribution in [3.05, 3.63) is 35.9 Å². The van der Waals surface area contributed by atoms with Crippen LogP contribution < -0.4 is 14.8 Å². The molecule has 1 saturated carbocycles. The molecule has 170 valence electrons. The van der Waals surface area contributed by atoms with Gasteiger partial charge in [0.05, 0.1) is 18.8 Å². The van der Waals surface area contributed by atoms with Gasteiger partial charge in [-0.1, -0.05) is 13.0 Å². The van der Waals surface area contributed by atoms with Gasteiger partial charge in [-0.2, -0.15) is 4.98 Å². The average molecular weight is 442 g/mol. The van der Waals surface area contributed by atoms with Gasteiger partial charge in [0, 0.05) is 12.5 Å². The van der Waals surface area contributed by atoms with Crippen LogP contribution in [0.3, 0.4) is 0 Å². The molecule has 1 aromatic carbocycles. The highest BCUT2D eigenvalue weighted by molar-refractivity contribution is 5.70. The molecule has 2 saturated heterocycles. The van der Waals surface area contributed by atoms with Crippen LogP contribution in [0.15, 0.2) is 24.5 Å². The van der Waals surface area contributed by atoms with Gasteiger partial charge in [-0.15, -0.1) is 0 Å². The first-order chi connectivity index (χ1) is 15.6. The smallest absolute Gasteiger partial charge is 0.410 e. The lowest BCUT2D eigenvalue weighted by Crippen LogP contribution is -2.40. The summed E-state index contributed by atoms with van der Waals surface area (Å²) in [5.74, 6) is 0.504. The highest BCUT2D eigenvalue weighted by Crippen LogP contribution is 2.43. The number of fused-ring (bicyclic) bond motifs is 2. The number of hydrogen-bond donors (Lipinski definition) is 1. The molecule has 1 aromatic heterocycles. The van der Waals surface area contributed by atoms with E-state index >= 15 is 0 Å². The molecular weight excluding hydrogens is 415 g/mol. The van der Waals surface area contributed by atoms with Gasteiger partial charge in [-0.3, -0.25) is 4.90 Å². The molecule has 3 atom stereocenters. The Kier molecular flexibility index (Phi) is 5.48. The largest absolute Gasteiger partial charge is 0.489 e. The molecule has 0 radical (unpaired) electrons. The number of carbonyl (C=O) groups excluding carboxylic acids is 1. The summed E-state index contributed by atoms with van der Waals surface area (Å²) >= 11 is 0. The van der Waals surface area contributed by atoms with Crippen molar-refractivity contribution in [2.45, 2.75) is 69.7 Å². The molecule has 9 heteroatoms. The SMILES string of the molecule is CCc1ccc(Nc2ncnc(O[C@H]3CC4CCC3N4C(=O)OC3CC3)c2OC)c(F)c1. The van der Waals surface area contributed by atoms with Crippen LogP contribution in [0.5, 0.6) is 11.6 Å². The van der Waals surface area contributed by atoms with E-state index in [1.54, 1.807) is 6.07 Å². The van der Waals surface area contributed by atoms with E-state index in [1.807, 2.05) is 17.9 Å². The number of anilines is 2. The maximum Gasteiger partial charge on any atom is 0.410 e. The second-order valence-corrected chi connectivity index (χ2v) is 8.53. The molecule has 2 bridgehead atoms. The number of halogens is 1. The number of carbonyl (C=O) groups is 1. The monoisotopic (exact) mass is 442 g/mol. The van der Waals surface area contributed by atoms with Crippen LogP contribution in [0, 0.1) is 5.82 Å². The Hall–Kier alpha value is -3.10. The van der Waals surface area contributed by atoms with Gasteiger partial charge < -0.3 is 19.5 Å². The number of hydrogen-bond acceptors (Lipinski definition) is 7. The molecule has 5 rings (SSSR count). The first-order valence-corrected chi connectivity index (χ1v) is 11.2. The fourth-order valence-corrected chi connectivity index (χ4v) is 4.60. The van der Waals surface area contributed by atoms with Gasteiger partial charge in [0.15, 0.2) is 5.82 Å². The van der Waals surface area contributed by atoms with Crippen molar-refractivity contribution in [3.63, 3.8) is 0 Å². The molecule has 8 nitrogen and oxygen atoms in total. The summed E-state index contributed by atoms with van der Waals surface area (Å²) in [7, 11) is 1.49. The van der Waals surface area contributed by atoms with Crippen LogP contribution in [0.25, 0.3) is 0 Å². The predicted molar refractivity (Wildman–Crippen MR) is 115 cm³/mol. The van der Waals surface area contributed by atoms with Crippen molar-refractivity contribution >= 4 is 17.6 Å². The van der Waals surface area contributed by atoms with Gasteiger partial charge in [-0.25, -0.2) is 14.2 Å². The number of benzene rings is 1. The number of aromatic nitrogens is 2. The number of ether oxygens (including phenoxy) is 3. The van der Waals surface area contributed by atoms with Crippen molar-refractivity contribution in [2.24, 2.45) is 0 Å². The second-order valence-electron chi connectivity index (χ2n) is 8.53. The number of nitrogens with one attached hydrogen (secondary N) is 1. The summed E-state index contributed by atoms with van der Waals surface area (Å²) in [4.78, 5) is 22.9. The van der Waals surface area contributed by atoms with Crippen LogP contribution in [-0.2, 0) is 11.2 Å². The normalized spacial score (nSPS) is 23.8. The maximum atomic E-state index is 14.5. The van der Waals surface area contributed by atoms with Crippen molar-refractivity contribution in [2.75, 3.05) is 12.4 Å². The van der Waals surface area contributed by atoms with Crippen LogP contribution in [0.1, 0.15) is 44.6 Å². The molecule has 1 aliphatic carbocycles. The molecule has 3 fully saturated rings. The van der Waals surface area contributed by atoms with Crippen molar-refractivity contribution in [1.29, 1.82) is 0 Å².